The van der Waals surface area contributed by atoms with Gasteiger partial charge in [-0.3, -0.25) is 4.79 Å². The molecular formula is C18H20N2O2. The summed E-state index contributed by atoms with van der Waals surface area (Å²) in [5.41, 5.74) is 8.24. The molecule has 0 aliphatic heterocycles. The van der Waals surface area contributed by atoms with E-state index < -0.39 is 5.54 Å². The molecule has 114 valence electrons. The van der Waals surface area contributed by atoms with Crippen LogP contribution < -0.4 is 15.8 Å². The van der Waals surface area contributed by atoms with Crippen LogP contribution >= 0.6 is 0 Å². The van der Waals surface area contributed by atoms with Crippen LogP contribution in [0, 0.1) is 0 Å². The van der Waals surface area contributed by atoms with Crippen molar-refractivity contribution in [2.75, 3.05) is 12.4 Å². The minimum Gasteiger partial charge on any atom is -0.496 e. The van der Waals surface area contributed by atoms with Crippen LogP contribution in [-0.4, -0.2) is 18.6 Å². The summed E-state index contributed by atoms with van der Waals surface area (Å²) in [7, 11) is 1.65. The molecule has 1 aliphatic rings. The maximum absolute atomic E-state index is 12.1. The molecule has 0 atom stereocenters. The second kappa shape index (κ2) is 5.81. The second-order valence-corrected chi connectivity index (χ2v) is 5.80. The molecular weight excluding hydrogens is 276 g/mol. The third-order valence-electron chi connectivity index (χ3n) is 4.02. The van der Waals surface area contributed by atoms with Crippen LogP contribution in [0.25, 0.3) is 0 Å². The van der Waals surface area contributed by atoms with E-state index >= 15 is 0 Å². The molecule has 3 rings (SSSR count). The second-order valence-electron chi connectivity index (χ2n) is 5.80. The quantitative estimate of drug-likeness (QED) is 0.891. The molecule has 1 aliphatic carbocycles. The van der Waals surface area contributed by atoms with Gasteiger partial charge in [0.15, 0.2) is 0 Å². The summed E-state index contributed by atoms with van der Waals surface area (Å²) < 4.78 is 5.42. The Labute approximate surface area is 130 Å². The Kier molecular flexibility index (Phi) is 3.86. The van der Waals surface area contributed by atoms with Gasteiger partial charge in [-0.25, -0.2) is 0 Å². The topological polar surface area (TPSA) is 64.3 Å². The summed E-state index contributed by atoms with van der Waals surface area (Å²) in [6, 6.07) is 15.8. The monoisotopic (exact) mass is 296 g/mol. The molecule has 4 heteroatoms. The predicted molar refractivity (Wildman–Crippen MR) is 87.0 cm³/mol. The standard InChI is InChI=1S/C18H20N2O2/c1-22-16-8-7-15(20-17(21)18(19)9-10-18)12-14(16)11-13-5-3-2-4-6-13/h2-8,12H,9-11,19H2,1H3,(H,20,21). The van der Waals surface area contributed by atoms with Crippen molar-refractivity contribution in [3.8, 4) is 5.75 Å². The molecule has 0 spiro atoms. The minimum atomic E-state index is -0.667. The lowest BCUT2D eigenvalue weighted by Crippen LogP contribution is -2.37. The zero-order chi connectivity index (χ0) is 15.6. The molecule has 0 saturated heterocycles. The predicted octanol–water partition coefficient (Wildman–Crippen LogP) is 2.72. The highest BCUT2D eigenvalue weighted by Gasteiger charge is 2.45. The summed E-state index contributed by atoms with van der Waals surface area (Å²) in [5, 5.41) is 2.90. The van der Waals surface area contributed by atoms with Crippen molar-refractivity contribution in [2.45, 2.75) is 24.8 Å². The number of carbonyl (C=O) groups excluding carboxylic acids is 1. The molecule has 1 fully saturated rings. The summed E-state index contributed by atoms with van der Waals surface area (Å²) in [6.07, 6.45) is 2.26. The first-order valence-corrected chi connectivity index (χ1v) is 7.42. The van der Waals surface area contributed by atoms with Crippen molar-refractivity contribution < 1.29 is 9.53 Å². The highest BCUT2D eigenvalue weighted by molar-refractivity contribution is 6.00. The Balaban J connectivity index is 1.81. The highest BCUT2D eigenvalue weighted by Crippen LogP contribution is 2.34. The van der Waals surface area contributed by atoms with Crippen molar-refractivity contribution in [3.63, 3.8) is 0 Å². The third kappa shape index (κ3) is 3.12. The normalized spacial score (nSPS) is 15.2. The fraction of sp³-hybridized carbons (Fsp3) is 0.278. The number of carbonyl (C=O) groups is 1. The average molecular weight is 296 g/mol. The van der Waals surface area contributed by atoms with Crippen molar-refractivity contribution in [3.05, 3.63) is 59.7 Å². The molecule has 1 saturated carbocycles. The molecule has 0 unspecified atom stereocenters. The van der Waals surface area contributed by atoms with Crippen LogP contribution in [-0.2, 0) is 11.2 Å². The largest absolute Gasteiger partial charge is 0.496 e. The van der Waals surface area contributed by atoms with Crippen LogP contribution in [0.3, 0.4) is 0 Å². The first-order chi connectivity index (χ1) is 10.6. The number of amides is 1. The summed E-state index contributed by atoms with van der Waals surface area (Å²) in [5.74, 6) is 0.707. The van der Waals surface area contributed by atoms with Crippen LogP contribution in [0.5, 0.6) is 5.75 Å². The molecule has 1 amide bonds. The molecule has 0 bridgehead atoms. The first-order valence-electron chi connectivity index (χ1n) is 7.42. The maximum atomic E-state index is 12.1. The fourth-order valence-electron chi connectivity index (χ4n) is 2.43. The SMILES string of the molecule is COc1ccc(NC(=O)C2(N)CC2)cc1Cc1ccccc1. The van der Waals surface area contributed by atoms with Gasteiger partial charge in [0.2, 0.25) is 5.91 Å². The van der Waals surface area contributed by atoms with E-state index in [2.05, 4.69) is 17.4 Å². The third-order valence-corrected chi connectivity index (χ3v) is 4.02. The van der Waals surface area contributed by atoms with Gasteiger partial charge in [-0.15, -0.1) is 0 Å². The van der Waals surface area contributed by atoms with Gasteiger partial charge < -0.3 is 15.8 Å². The number of nitrogens with two attached hydrogens (primary N) is 1. The lowest BCUT2D eigenvalue weighted by atomic mass is 10.0. The highest BCUT2D eigenvalue weighted by atomic mass is 16.5. The van der Waals surface area contributed by atoms with E-state index in [-0.39, 0.29) is 5.91 Å². The maximum Gasteiger partial charge on any atom is 0.244 e. The minimum absolute atomic E-state index is 0.108. The van der Waals surface area contributed by atoms with Gasteiger partial charge >= 0.3 is 0 Å². The summed E-state index contributed by atoms with van der Waals surface area (Å²) in [4.78, 5) is 12.1. The van der Waals surface area contributed by atoms with E-state index in [9.17, 15) is 4.79 Å². The number of hydrogen-bond donors (Lipinski definition) is 2. The molecule has 0 heterocycles. The van der Waals surface area contributed by atoms with E-state index in [1.165, 1.54) is 5.56 Å². The van der Waals surface area contributed by atoms with Gasteiger partial charge in [-0.1, -0.05) is 30.3 Å². The van der Waals surface area contributed by atoms with E-state index in [1.807, 2.05) is 36.4 Å². The Morgan fingerprint density at radius 2 is 1.95 bits per heavy atom. The Hall–Kier alpha value is -2.33. The number of anilines is 1. The smallest absolute Gasteiger partial charge is 0.244 e. The fourth-order valence-corrected chi connectivity index (χ4v) is 2.43. The number of nitrogens with one attached hydrogen (secondary N) is 1. The van der Waals surface area contributed by atoms with Crippen LogP contribution in [0.2, 0.25) is 0 Å². The Morgan fingerprint density at radius 3 is 2.59 bits per heavy atom. The number of ether oxygens (including phenoxy) is 1. The summed E-state index contributed by atoms with van der Waals surface area (Å²) in [6.45, 7) is 0. The number of benzene rings is 2. The number of hydrogen-bond acceptors (Lipinski definition) is 3. The van der Waals surface area contributed by atoms with Gasteiger partial charge in [0, 0.05) is 17.7 Å². The summed E-state index contributed by atoms with van der Waals surface area (Å²) >= 11 is 0. The van der Waals surface area contributed by atoms with E-state index in [0.29, 0.717) is 0 Å². The Morgan fingerprint density at radius 1 is 1.23 bits per heavy atom. The lowest BCUT2D eigenvalue weighted by molar-refractivity contribution is -0.118. The Bertz CT molecular complexity index is 679. The average Bonchev–Trinajstić information content (AvgIpc) is 3.28. The van der Waals surface area contributed by atoms with E-state index in [0.717, 1.165) is 36.3 Å². The van der Waals surface area contributed by atoms with E-state index in [1.54, 1.807) is 7.11 Å². The van der Waals surface area contributed by atoms with Crippen LogP contribution in [0.1, 0.15) is 24.0 Å². The van der Waals surface area contributed by atoms with Gasteiger partial charge in [0.05, 0.1) is 12.6 Å². The molecule has 2 aromatic carbocycles. The number of rotatable bonds is 5. The van der Waals surface area contributed by atoms with Gasteiger partial charge in [0.1, 0.15) is 5.75 Å². The molecule has 0 radical (unpaired) electrons. The van der Waals surface area contributed by atoms with E-state index in [4.69, 9.17) is 10.5 Å². The van der Waals surface area contributed by atoms with Crippen molar-refractivity contribution >= 4 is 11.6 Å². The zero-order valence-electron chi connectivity index (χ0n) is 12.6. The molecule has 3 N–H and O–H groups in total. The van der Waals surface area contributed by atoms with Crippen molar-refractivity contribution in [1.29, 1.82) is 0 Å². The van der Waals surface area contributed by atoms with Crippen LogP contribution in [0.4, 0.5) is 5.69 Å². The molecule has 22 heavy (non-hydrogen) atoms. The first kappa shape index (κ1) is 14.6. The zero-order valence-corrected chi connectivity index (χ0v) is 12.6. The van der Waals surface area contributed by atoms with Gasteiger partial charge in [0.25, 0.3) is 0 Å². The lowest BCUT2D eigenvalue weighted by Gasteiger charge is -2.14. The van der Waals surface area contributed by atoms with Crippen molar-refractivity contribution in [2.24, 2.45) is 5.73 Å². The number of methoxy groups -OCH3 is 1. The van der Waals surface area contributed by atoms with Crippen LogP contribution in [0.15, 0.2) is 48.5 Å². The van der Waals surface area contributed by atoms with Crippen molar-refractivity contribution in [1.82, 2.24) is 0 Å². The molecule has 0 aromatic heterocycles. The van der Waals surface area contributed by atoms with Gasteiger partial charge in [-0.05, 0) is 36.6 Å². The molecule has 4 nitrogen and oxygen atoms in total. The molecule has 2 aromatic rings. The van der Waals surface area contributed by atoms with Gasteiger partial charge in [-0.2, -0.15) is 0 Å².